The van der Waals surface area contributed by atoms with E-state index in [0.717, 1.165) is 15.8 Å². The van der Waals surface area contributed by atoms with Crippen LogP contribution in [0, 0.1) is 11.3 Å². The van der Waals surface area contributed by atoms with Crippen molar-refractivity contribution < 1.29 is 4.42 Å². The normalized spacial score (nSPS) is 11.4. The van der Waals surface area contributed by atoms with E-state index in [2.05, 4.69) is 11.1 Å². The number of hydrogen-bond acceptors (Lipinski definition) is 3. The van der Waals surface area contributed by atoms with E-state index >= 15 is 0 Å². The fraction of sp³-hybridized carbons (Fsp3) is 0. The van der Waals surface area contributed by atoms with Crippen LogP contribution in [0.5, 0.6) is 0 Å². The van der Waals surface area contributed by atoms with Crippen molar-refractivity contribution in [3.8, 4) is 17.3 Å². The van der Waals surface area contributed by atoms with Crippen LogP contribution in [-0.2, 0) is 0 Å². The van der Waals surface area contributed by atoms with E-state index in [9.17, 15) is 5.26 Å². The molecule has 0 saturated carbocycles. The van der Waals surface area contributed by atoms with Gasteiger partial charge in [-0.3, -0.25) is 0 Å². The second-order valence-electron chi connectivity index (χ2n) is 4.35. The quantitative estimate of drug-likeness (QED) is 0.475. The molecule has 22 heavy (non-hydrogen) atoms. The molecule has 0 aliphatic heterocycles. The predicted octanol–water partition coefficient (Wildman–Crippen LogP) is 4.77. The SMILES string of the molecule is N#CC(=Cc1ccco1)c1nc(-c2ccc(Cl)c(Cl)c2)c[se]1. The summed E-state index contributed by atoms with van der Waals surface area (Å²) in [5.41, 5.74) is 2.22. The molecule has 2 heterocycles. The Morgan fingerprint density at radius 3 is 2.82 bits per heavy atom. The molecule has 3 nitrogen and oxygen atoms in total. The van der Waals surface area contributed by atoms with Crippen LogP contribution < -0.4 is 0 Å². The number of allylic oxidation sites excluding steroid dienone is 1. The average Bonchev–Trinajstić information content (AvgIpc) is 3.18. The Morgan fingerprint density at radius 1 is 1.27 bits per heavy atom. The summed E-state index contributed by atoms with van der Waals surface area (Å²) in [4.78, 5) is 6.58. The summed E-state index contributed by atoms with van der Waals surface area (Å²) in [6.45, 7) is 0. The van der Waals surface area contributed by atoms with Gasteiger partial charge in [0.25, 0.3) is 0 Å². The van der Waals surface area contributed by atoms with Gasteiger partial charge in [0.2, 0.25) is 0 Å². The van der Waals surface area contributed by atoms with Gasteiger partial charge in [0.1, 0.15) is 0 Å². The maximum atomic E-state index is 9.33. The third-order valence-electron chi connectivity index (χ3n) is 2.90. The Kier molecular flexibility index (Phi) is 4.52. The Balaban J connectivity index is 1.96. The van der Waals surface area contributed by atoms with Crippen molar-refractivity contribution in [3.63, 3.8) is 0 Å². The van der Waals surface area contributed by atoms with Crippen LogP contribution in [0.25, 0.3) is 22.9 Å². The zero-order valence-electron chi connectivity index (χ0n) is 11.1. The van der Waals surface area contributed by atoms with Crippen molar-refractivity contribution in [3.05, 3.63) is 61.9 Å². The van der Waals surface area contributed by atoms with E-state index in [1.807, 2.05) is 11.0 Å². The number of hydrogen-bond donors (Lipinski definition) is 0. The topological polar surface area (TPSA) is 49.8 Å². The fourth-order valence-electron chi connectivity index (χ4n) is 1.84. The third kappa shape index (κ3) is 3.19. The minimum absolute atomic E-state index is 0.00436. The molecule has 0 bridgehead atoms. The van der Waals surface area contributed by atoms with Gasteiger partial charge in [-0.05, 0) is 0 Å². The Morgan fingerprint density at radius 2 is 2.14 bits per heavy atom. The van der Waals surface area contributed by atoms with Crippen molar-refractivity contribution in [2.75, 3.05) is 0 Å². The van der Waals surface area contributed by atoms with Crippen LogP contribution in [0.1, 0.15) is 10.3 Å². The van der Waals surface area contributed by atoms with Crippen molar-refractivity contribution in [1.29, 1.82) is 5.26 Å². The molecule has 0 aliphatic rings. The molecule has 0 N–H and O–H groups in total. The van der Waals surface area contributed by atoms with E-state index < -0.39 is 0 Å². The summed E-state index contributed by atoms with van der Waals surface area (Å²) in [5, 5.41) is 10.3. The molecule has 0 aliphatic carbocycles. The first-order valence-corrected chi connectivity index (χ1v) is 8.84. The number of rotatable bonds is 3. The first-order chi connectivity index (χ1) is 10.7. The zero-order chi connectivity index (χ0) is 15.5. The van der Waals surface area contributed by atoms with Gasteiger partial charge in [0.15, 0.2) is 0 Å². The summed E-state index contributed by atoms with van der Waals surface area (Å²) < 4.78 is 6.01. The van der Waals surface area contributed by atoms with Crippen molar-refractivity contribution in [2.24, 2.45) is 0 Å². The summed E-state index contributed by atoms with van der Waals surface area (Å²) >= 11 is 12.0. The number of nitrogens with zero attached hydrogens (tertiary/aromatic N) is 2. The summed E-state index contributed by atoms with van der Waals surface area (Å²) in [5.74, 6) is 0.637. The number of aromatic nitrogens is 1. The van der Waals surface area contributed by atoms with E-state index in [0.29, 0.717) is 21.4 Å². The third-order valence-corrected chi connectivity index (χ3v) is 5.48. The molecule has 0 radical (unpaired) electrons. The van der Waals surface area contributed by atoms with Crippen LogP contribution >= 0.6 is 23.2 Å². The molecule has 1 aromatic carbocycles. The Hall–Kier alpha value is -1.76. The van der Waals surface area contributed by atoms with Gasteiger partial charge in [0.05, 0.1) is 0 Å². The number of benzene rings is 1. The van der Waals surface area contributed by atoms with Gasteiger partial charge < -0.3 is 0 Å². The average molecular weight is 394 g/mol. The van der Waals surface area contributed by atoms with Gasteiger partial charge in [-0.2, -0.15) is 0 Å². The van der Waals surface area contributed by atoms with E-state index in [1.165, 1.54) is 0 Å². The predicted molar refractivity (Wildman–Crippen MR) is 88.8 cm³/mol. The number of furan rings is 1. The van der Waals surface area contributed by atoms with E-state index in [-0.39, 0.29) is 14.5 Å². The summed E-state index contributed by atoms with van der Waals surface area (Å²) in [7, 11) is 0. The molecular weight excluding hydrogens is 386 g/mol. The molecule has 0 spiro atoms. The Bertz CT molecular complexity index is 876. The maximum absolute atomic E-state index is 9.33. The van der Waals surface area contributed by atoms with E-state index in [4.69, 9.17) is 27.6 Å². The zero-order valence-corrected chi connectivity index (χ0v) is 14.3. The van der Waals surface area contributed by atoms with Crippen LogP contribution in [-0.4, -0.2) is 19.5 Å². The first-order valence-electron chi connectivity index (χ1n) is 6.24. The number of halogens is 2. The second kappa shape index (κ2) is 6.56. The molecule has 3 aromatic rings. The molecule has 0 saturated heterocycles. The van der Waals surface area contributed by atoms with Crippen LogP contribution in [0.3, 0.4) is 0 Å². The molecule has 0 unspecified atom stereocenters. The summed E-state index contributed by atoms with van der Waals surface area (Å²) in [6.07, 6.45) is 3.27. The fourth-order valence-corrected chi connectivity index (χ4v) is 3.81. The molecule has 0 atom stereocenters. The Labute approximate surface area is 143 Å². The second-order valence-corrected chi connectivity index (χ2v) is 6.97. The molecule has 0 fully saturated rings. The van der Waals surface area contributed by atoms with Gasteiger partial charge in [-0.1, -0.05) is 0 Å². The first kappa shape index (κ1) is 15.1. The number of nitriles is 1. The standard InChI is InChI=1S/C16H8Cl2N2OSe/c17-13-4-3-10(7-14(13)18)15-9-22-16(20-15)11(8-19)6-12-2-1-5-21-12/h1-7,9H. The van der Waals surface area contributed by atoms with E-state index in [1.54, 1.807) is 36.6 Å². The van der Waals surface area contributed by atoms with Crippen LogP contribution in [0.15, 0.2) is 46.0 Å². The van der Waals surface area contributed by atoms with Crippen molar-refractivity contribution >= 4 is 49.4 Å². The molecule has 6 heteroatoms. The van der Waals surface area contributed by atoms with Gasteiger partial charge >= 0.3 is 143 Å². The summed E-state index contributed by atoms with van der Waals surface area (Å²) in [6, 6.07) is 11.1. The molecular formula is C16H8Cl2N2OSe. The van der Waals surface area contributed by atoms with Gasteiger partial charge in [-0.15, -0.1) is 0 Å². The van der Waals surface area contributed by atoms with Crippen LogP contribution in [0.4, 0.5) is 0 Å². The molecule has 0 amide bonds. The van der Waals surface area contributed by atoms with Crippen LogP contribution in [0.2, 0.25) is 10.0 Å². The molecule has 3 rings (SSSR count). The monoisotopic (exact) mass is 394 g/mol. The van der Waals surface area contributed by atoms with Gasteiger partial charge in [0, 0.05) is 0 Å². The van der Waals surface area contributed by atoms with Gasteiger partial charge in [-0.25, -0.2) is 0 Å². The van der Waals surface area contributed by atoms with Crippen molar-refractivity contribution in [2.45, 2.75) is 0 Å². The molecule has 2 aromatic heterocycles. The van der Waals surface area contributed by atoms with Crippen molar-refractivity contribution in [1.82, 2.24) is 4.98 Å². The molecule has 108 valence electrons. The minimum atomic E-state index is -0.00436.